The summed E-state index contributed by atoms with van der Waals surface area (Å²) in [6, 6.07) is 11.6. The fraction of sp³-hybridized carbons (Fsp3) is 0. The zero-order valence-electron chi connectivity index (χ0n) is 9.74. The average Bonchev–Trinajstić information content (AvgIpc) is 2.41. The standard InChI is InChI=1S/C15H9Cl2FO/c16-12-9-13(17)14(18)8-11(12)15(19)7-6-10-4-2-1-3-5-10/h1-9H. The third kappa shape index (κ3) is 3.43. The van der Waals surface area contributed by atoms with Gasteiger partial charge in [0, 0.05) is 5.56 Å². The Bertz CT molecular complexity index is 636. The van der Waals surface area contributed by atoms with Gasteiger partial charge in [0.15, 0.2) is 5.78 Å². The van der Waals surface area contributed by atoms with E-state index in [1.54, 1.807) is 6.08 Å². The number of carbonyl (C=O) groups is 1. The van der Waals surface area contributed by atoms with Gasteiger partial charge in [0.1, 0.15) is 5.82 Å². The predicted molar refractivity (Wildman–Crippen MR) is 76.2 cm³/mol. The van der Waals surface area contributed by atoms with Crippen LogP contribution in [0.2, 0.25) is 10.0 Å². The van der Waals surface area contributed by atoms with Gasteiger partial charge >= 0.3 is 0 Å². The lowest BCUT2D eigenvalue weighted by Gasteiger charge is -2.02. The van der Waals surface area contributed by atoms with Gasteiger partial charge in [-0.1, -0.05) is 59.6 Å². The molecule has 19 heavy (non-hydrogen) atoms. The minimum Gasteiger partial charge on any atom is -0.289 e. The molecule has 0 aliphatic carbocycles. The molecule has 0 aliphatic rings. The monoisotopic (exact) mass is 294 g/mol. The molecule has 0 atom stereocenters. The third-order valence-corrected chi connectivity index (χ3v) is 3.10. The number of halogens is 3. The Labute approximate surface area is 120 Å². The summed E-state index contributed by atoms with van der Waals surface area (Å²) >= 11 is 11.4. The summed E-state index contributed by atoms with van der Waals surface area (Å²) in [4.78, 5) is 11.9. The quantitative estimate of drug-likeness (QED) is 0.441. The van der Waals surface area contributed by atoms with Crippen LogP contribution in [-0.4, -0.2) is 5.78 Å². The van der Waals surface area contributed by atoms with E-state index in [-0.39, 0.29) is 21.4 Å². The summed E-state index contributed by atoms with van der Waals surface area (Å²) < 4.78 is 13.3. The van der Waals surface area contributed by atoms with Crippen molar-refractivity contribution in [1.82, 2.24) is 0 Å². The second-order valence-corrected chi connectivity index (χ2v) is 4.67. The number of allylic oxidation sites excluding steroid dienone is 1. The molecule has 0 bridgehead atoms. The van der Waals surface area contributed by atoms with Crippen molar-refractivity contribution in [2.24, 2.45) is 0 Å². The topological polar surface area (TPSA) is 17.1 Å². The van der Waals surface area contributed by atoms with Crippen molar-refractivity contribution in [3.05, 3.63) is 75.5 Å². The lowest BCUT2D eigenvalue weighted by Crippen LogP contribution is -1.97. The molecular weight excluding hydrogens is 286 g/mol. The van der Waals surface area contributed by atoms with E-state index < -0.39 is 5.82 Å². The molecule has 0 radical (unpaired) electrons. The van der Waals surface area contributed by atoms with E-state index in [2.05, 4.69) is 0 Å². The van der Waals surface area contributed by atoms with Gasteiger partial charge in [0.05, 0.1) is 10.0 Å². The molecule has 0 spiro atoms. The predicted octanol–water partition coefficient (Wildman–Crippen LogP) is 5.03. The summed E-state index contributed by atoms with van der Waals surface area (Å²) in [5.74, 6) is -1.04. The van der Waals surface area contributed by atoms with Gasteiger partial charge in [-0.25, -0.2) is 4.39 Å². The van der Waals surface area contributed by atoms with E-state index in [1.165, 1.54) is 12.1 Å². The normalized spacial score (nSPS) is 10.9. The van der Waals surface area contributed by atoms with Crippen LogP contribution in [0.5, 0.6) is 0 Å². The molecular formula is C15H9Cl2FO. The minimum absolute atomic E-state index is 0.0933. The molecule has 0 aromatic heterocycles. The number of benzene rings is 2. The highest BCUT2D eigenvalue weighted by Crippen LogP contribution is 2.25. The molecule has 0 unspecified atom stereocenters. The van der Waals surface area contributed by atoms with Gasteiger partial charge in [0.2, 0.25) is 0 Å². The molecule has 1 nitrogen and oxygen atoms in total. The van der Waals surface area contributed by atoms with Crippen molar-refractivity contribution in [2.45, 2.75) is 0 Å². The smallest absolute Gasteiger partial charge is 0.187 e. The Balaban J connectivity index is 2.26. The highest BCUT2D eigenvalue weighted by molar-refractivity contribution is 6.37. The van der Waals surface area contributed by atoms with Crippen molar-refractivity contribution in [2.75, 3.05) is 0 Å². The highest BCUT2D eigenvalue weighted by Gasteiger charge is 2.11. The van der Waals surface area contributed by atoms with E-state index in [0.717, 1.165) is 11.6 Å². The molecule has 0 N–H and O–H groups in total. The minimum atomic E-state index is -0.664. The van der Waals surface area contributed by atoms with Crippen LogP contribution in [0.15, 0.2) is 48.5 Å². The average molecular weight is 295 g/mol. The first kappa shape index (κ1) is 13.8. The number of rotatable bonds is 3. The maximum Gasteiger partial charge on any atom is 0.187 e. The fourth-order valence-electron chi connectivity index (χ4n) is 1.54. The van der Waals surface area contributed by atoms with Crippen LogP contribution in [-0.2, 0) is 0 Å². The lowest BCUT2D eigenvalue weighted by molar-refractivity contribution is 0.104. The van der Waals surface area contributed by atoms with E-state index in [1.807, 2.05) is 30.3 Å². The van der Waals surface area contributed by atoms with E-state index in [9.17, 15) is 9.18 Å². The fourth-order valence-corrected chi connectivity index (χ4v) is 2.01. The number of hydrogen-bond donors (Lipinski definition) is 0. The lowest BCUT2D eigenvalue weighted by atomic mass is 10.1. The second kappa shape index (κ2) is 6.00. The van der Waals surface area contributed by atoms with Crippen LogP contribution in [0.4, 0.5) is 4.39 Å². The van der Waals surface area contributed by atoms with Crippen LogP contribution in [0.25, 0.3) is 6.08 Å². The van der Waals surface area contributed by atoms with E-state index in [4.69, 9.17) is 23.2 Å². The first-order valence-electron chi connectivity index (χ1n) is 5.50. The molecule has 96 valence electrons. The Kier molecular flexibility index (Phi) is 4.35. The Morgan fingerprint density at radius 1 is 1.05 bits per heavy atom. The molecule has 2 rings (SSSR count). The maximum absolute atomic E-state index is 13.3. The Morgan fingerprint density at radius 3 is 2.42 bits per heavy atom. The summed E-state index contributed by atoms with van der Waals surface area (Å²) in [7, 11) is 0. The van der Waals surface area contributed by atoms with Crippen LogP contribution >= 0.6 is 23.2 Å². The van der Waals surface area contributed by atoms with Gasteiger partial charge in [-0.2, -0.15) is 0 Å². The maximum atomic E-state index is 13.3. The first-order valence-corrected chi connectivity index (χ1v) is 6.25. The van der Waals surface area contributed by atoms with Crippen LogP contribution in [0, 0.1) is 5.82 Å². The van der Waals surface area contributed by atoms with Gasteiger partial charge in [0.25, 0.3) is 0 Å². The Hall–Kier alpha value is -1.64. The molecule has 4 heteroatoms. The number of ketones is 1. The summed E-state index contributed by atoms with van der Waals surface area (Å²) in [6.45, 7) is 0. The van der Waals surface area contributed by atoms with E-state index >= 15 is 0 Å². The van der Waals surface area contributed by atoms with Crippen molar-refractivity contribution in [3.63, 3.8) is 0 Å². The molecule has 0 heterocycles. The van der Waals surface area contributed by atoms with Crippen molar-refractivity contribution >= 4 is 35.1 Å². The van der Waals surface area contributed by atoms with Gasteiger partial charge in [-0.3, -0.25) is 4.79 Å². The Morgan fingerprint density at radius 2 is 1.74 bits per heavy atom. The van der Waals surface area contributed by atoms with Crippen LogP contribution in [0.1, 0.15) is 15.9 Å². The molecule has 0 aliphatic heterocycles. The summed E-state index contributed by atoms with van der Waals surface area (Å²) in [6.07, 6.45) is 3.00. The number of hydrogen-bond acceptors (Lipinski definition) is 1. The second-order valence-electron chi connectivity index (χ2n) is 3.85. The van der Waals surface area contributed by atoms with Crippen LogP contribution in [0.3, 0.4) is 0 Å². The van der Waals surface area contributed by atoms with Crippen molar-refractivity contribution in [1.29, 1.82) is 0 Å². The van der Waals surface area contributed by atoms with Gasteiger partial charge in [-0.15, -0.1) is 0 Å². The molecule has 2 aromatic carbocycles. The van der Waals surface area contributed by atoms with Gasteiger partial charge < -0.3 is 0 Å². The zero-order chi connectivity index (χ0) is 13.8. The van der Waals surface area contributed by atoms with Crippen LogP contribution < -0.4 is 0 Å². The summed E-state index contributed by atoms with van der Waals surface area (Å²) in [5.41, 5.74) is 0.970. The molecule has 0 fully saturated rings. The van der Waals surface area contributed by atoms with Crippen molar-refractivity contribution < 1.29 is 9.18 Å². The first-order chi connectivity index (χ1) is 9.08. The van der Waals surface area contributed by atoms with Crippen molar-refractivity contribution in [3.8, 4) is 0 Å². The highest BCUT2D eigenvalue weighted by atomic mass is 35.5. The third-order valence-electron chi connectivity index (χ3n) is 2.50. The zero-order valence-corrected chi connectivity index (χ0v) is 11.3. The SMILES string of the molecule is O=C(C=Cc1ccccc1)c1cc(F)c(Cl)cc1Cl. The largest absolute Gasteiger partial charge is 0.289 e. The van der Waals surface area contributed by atoms with Gasteiger partial charge in [-0.05, 0) is 23.8 Å². The van der Waals surface area contributed by atoms with E-state index in [0.29, 0.717) is 0 Å². The molecule has 0 amide bonds. The molecule has 2 aromatic rings. The molecule has 0 saturated carbocycles. The number of carbonyl (C=O) groups excluding carboxylic acids is 1. The molecule has 0 saturated heterocycles. The summed E-state index contributed by atoms with van der Waals surface area (Å²) in [5, 5.41) is 0.0303.